The van der Waals surface area contributed by atoms with Crippen LogP contribution in [0.5, 0.6) is 0 Å². The van der Waals surface area contributed by atoms with Crippen LogP contribution < -0.4 is 0 Å². The van der Waals surface area contributed by atoms with Crippen LogP contribution in [-0.2, 0) is 14.4 Å². The highest BCUT2D eigenvalue weighted by molar-refractivity contribution is 6.46. The second-order valence-corrected chi connectivity index (χ2v) is 6.77. The van der Waals surface area contributed by atoms with Crippen molar-refractivity contribution in [3.8, 4) is 0 Å². The maximum Gasteiger partial charge on any atom is 0.303 e. The minimum absolute atomic E-state index is 0.0235. The molecule has 1 aliphatic heterocycles. The number of Topliss-reactive ketones (excluding diaryl/α,β-unsaturated/α-hetero) is 1. The summed E-state index contributed by atoms with van der Waals surface area (Å²) in [7, 11) is 0. The van der Waals surface area contributed by atoms with E-state index >= 15 is 0 Å². The zero-order valence-electron chi connectivity index (χ0n) is 15.5. The van der Waals surface area contributed by atoms with Gasteiger partial charge in [-0.15, -0.1) is 0 Å². The summed E-state index contributed by atoms with van der Waals surface area (Å²) in [4.78, 5) is 37.6. The number of carbonyl (C=O) groups excluding carboxylic acids is 2. The highest BCUT2D eigenvalue weighted by Gasteiger charge is 2.45. The van der Waals surface area contributed by atoms with Crippen molar-refractivity contribution in [2.75, 3.05) is 6.54 Å². The molecule has 6 heteroatoms. The molecule has 1 amide bonds. The third kappa shape index (κ3) is 3.81. The number of aliphatic hydroxyl groups is 1. The molecule has 0 aliphatic carbocycles. The molecule has 144 valence electrons. The van der Waals surface area contributed by atoms with Crippen molar-refractivity contribution in [3.63, 3.8) is 0 Å². The Kier molecular flexibility index (Phi) is 5.59. The summed E-state index contributed by atoms with van der Waals surface area (Å²) in [6.45, 7) is 2.02. The SMILES string of the molecule is Cc1ccc(/C(O)=C2\C(=O)C(=O)N(CCCC(=O)O)[C@@H]2c2ccccc2)cc1. The van der Waals surface area contributed by atoms with Crippen LogP contribution in [0.4, 0.5) is 0 Å². The topological polar surface area (TPSA) is 94.9 Å². The van der Waals surface area contributed by atoms with Gasteiger partial charge in [0, 0.05) is 18.5 Å². The van der Waals surface area contributed by atoms with E-state index in [9.17, 15) is 19.5 Å². The number of amides is 1. The van der Waals surface area contributed by atoms with Crippen molar-refractivity contribution in [3.05, 3.63) is 76.9 Å². The highest BCUT2D eigenvalue weighted by atomic mass is 16.4. The van der Waals surface area contributed by atoms with Gasteiger partial charge in [0.1, 0.15) is 5.76 Å². The van der Waals surface area contributed by atoms with E-state index in [0.29, 0.717) is 11.1 Å². The number of hydrogen-bond acceptors (Lipinski definition) is 4. The molecule has 0 aromatic heterocycles. The first kappa shape index (κ1) is 19.4. The van der Waals surface area contributed by atoms with Crippen molar-refractivity contribution in [2.45, 2.75) is 25.8 Å². The Morgan fingerprint density at radius 1 is 1.00 bits per heavy atom. The summed E-state index contributed by atoms with van der Waals surface area (Å²) in [6, 6.07) is 15.2. The van der Waals surface area contributed by atoms with Gasteiger partial charge in [-0.1, -0.05) is 60.2 Å². The van der Waals surface area contributed by atoms with E-state index in [2.05, 4.69) is 0 Å². The molecule has 0 bridgehead atoms. The Balaban J connectivity index is 2.07. The van der Waals surface area contributed by atoms with Crippen LogP contribution in [0.1, 0.15) is 35.6 Å². The molecule has 2 aromatic rings. The predicted octanol–water partition coefficient (Wildman–Crippen LogP) is 3.28. The second kappa shape index (κ2) is 8.08. The molecule has 0 unspecified atom stereocenters. The van der Waals surface area contributed by atoms with Gasteiger partial charge in [-0.05, 0) is 18.9 Å². The van der Waals surface area contributed by atoms with E-state index in [1.165, 1.54) is 4.90 Å². The van der Waals surface area contributed by atoms with E-state index in [1.807, 2.05) is 25.1 Å². The fourth-order valence-corrected chi connectivity index (χ4v) is 3.36. The third-order valence-electron chi connectivity index (χ3n) is 4.77. The number of likely N-dealkylation sites (tertiary alicyclic amines) is 1. The smallest absolute Gasteiger partial charge is 0.303 e. The minimum Gasteiger partial charge on any atom is -0.507 e. The summed E-state index contributed by atoms with van der Waals surface area (Å²) in [6.07, 6.45) is 0.110. The summed E-state index contributed by atoms with van der Waals surface area (Å²) < 4.78 is 0. The zero-order chi connectivity index (χ0) is 20.3. The van der Waals surface area contributed by atoms with Gasteiger partial charge in [0.25, 0.3) is 11.7 Å². The van der Waals surface area contributed by atoms with Crippen molar-refractivity contribution in [2.24, 2.45) is 0 Å². The van der Waals surface area contributed by atoms with Gasteiger partial charge >= 0.3 is 5.97 Å². The Labute approximate surface area is 162 Å². The Bertz CT molecular complexity index is 931. The predicted molar refractivity (Wildman–Crippen MR) is 104 cm³/mol. The van der Waals surface area contributed by atoms with Crippen LogP contribution in [0.3, 0.4) is 0 Å². The van der Waals surface area contributed by atoms with Crippen LogP contribution in [0.2, 0.25) is 0 Å². The molecule has 1 fully saturated rings. The van der Waals surface area contributed by atoms with Crippen LogP contribution in [0.15, 0.2) is 60.2 Å². The molecule has 0 spiro atoms. The Hall–Kier alpha value is -3.41. The fraction of sp³-hybridized carbons (Fsp3) is 0.227. The van der Waals surface area contributed by atoms with E-state index < -0.39 is 23.7 Å². The number of aryl methyl sites for hydroxylation is 1. The minimum atomic E-state index is -0.965. The van der Waals surface area contributed by atoms with Gasteiger partial charge in [0.05, 0.1) is 11.6 Å². The summed E-state index contributed by atoms with van der Waals surface area (Å²) in [5, 5.41) is 19.7. The lowest BCUT2D eigenvalue weighted by atomic mass is 9.95. The molecule has 1 heterocycles. The number of rotatable bonds is 6. The second-order valence-electron chi connectivity index (χ2n) is 6.77. The summed E-state index contributed by atoms with van der Waals surface area (Å²) in [5.41, 5.74) is 2.17. The number of carboxylic acids is 1. The number of benzene rings is 2. The lowest BCUT2D eigenvalue weighted by molar-refractivity contribution is -0.140. The normalized spacial score (nSPS) is 18.5. The van der Waals surface area contributed by atoms with Crippen molar-refractivity contribution < 1.29 is 24.6 Å². The number of carbonyl (C=O) groups is 3. The number of ketones is 1. The number of aliphatic hydroxyl groups excluding tert-OH is 1. The first-order valence-corrected chi connectivity index (χ1v) is 9.02. The molecule has 1 saturated heterocycles. The average Bonchev–Trinajstić information content (AvgIpc) is 2.93. The molecule has 2 aromatic carbocycles. The average molecular weight is 379 g/mol. The van der Waals surface area contributed by atoms with Gasteiger partial charge in [-0.3, -0.25) is 14.4 Å². The first-order chi connectivity index (χ1) is 13.4. The molecule has 28 heavy (non-hydrogen) atoms. The molecule has 1 atom stereocenters. The van der Waals surface area contributed by atoms with E-state index in [1.54, 1.807) is 36.4 Å². The monoisotopic (exact) mass is 379 g/mol. The molecule has 6 nitrogen and oxygen atoms in total. The summed E-state index contributed by atoms with van der Waals surface area (Å²) >= 11 is 0. The zero-order valence-corrected chi connectivity index (χ0v) is 15.5. The van der Waals surface area contributed by atoms with Crippen LogP contribution in [0.25, 0.3) is 5.76 Å². The van der Waals surface area contributed by atoms with E-state index in [0.717, 1.165) is 5.56 Å². The fourth-order valence-electron chi connectivity index (χ4n) is 3.36. The molecule has 0 saturated carbocycles. The Morgan fingerprint density at radius 3 is 2.25 bits per heavy atom. The van der Waals surface area contributed by atoms with Crippen LogP contribution >= 0.6 is 0 Å². The molecule has 0 radical (unpaired) electrons. The first-order valence-electron chi connectivity index (χ1n) is 9.02. The Morgan fingerprint density at radius 2 is 1.64 bits per heavy atom. The van der Waals surface area contributed by atoms with Crippen LogP contribution in [-0.4, -0.2) is 39.3 Å². The lowest BCUT2D eigenvalue weighted by Gasteiger charge is -2.25. The van der Waals surface area contributed by atoms with Gasteiger partial charge in [0.15, 0.2) is 0 Å². The lowest BCUT2D eigenvalue weighted by Crippen LogP contribution is -2.31. The van der Waals surface area contributed by atoms with Crippen molar-refractivity contribution in [1.29, 1.82) is 0 Å². The maximum absolute atomic E-state index is 12.8. The van der Waals surface area contributed by atoms with Crippen LogP contribution in [0, 0.1) is 6.92 Å². The maximum atomic E-state index is 12.8. The quantitative estimate of drug-likeness (QED) is 0.456. The van der Waals surface area contributed by atoms with Crippen molar-refractivity contribution in [1.82, 2.24) is 4.90 Å². The number of aliphatic carboxylic acids is 1. The molecular weight excluding hydrogens is 358 g/mol. The van der Waals surface area contributed by atoms with E-state index in [-0.39, 0.29) is 30.7 Å². The van der Waals surface area contributed by atoms with Gasteiger partial charge in [-0.25, -0.2) is 0 Å². The number of carboxylic acid groups (broad SMARTS) is 1. The number of hydrogen-bond donors (Lipinski definition) is 2. The molecular formula is C22H21NO5. The third-order valence-corrected chi connectivity index (χ3v) is 4.77. The van der Waals surface area contributed by atoms with Gasteiger partial charge in [-0.2, -0.15) is 0 Å². The van der Waals surface area contributed by atoms with Crippen molar-refractivity contribution >= 4 is 23.4 Å². The van der Waals surface area contributed by atoms with Gasteiger partial charge in [0.2, 0.25) is 0 Å². The van der Waals surface area contributed by atoms with Gasteiger partial charge < -0.3 is 15.1 Å². The summed E-state index contributed by atoms with van der Waals surface area (Å²) in [5.74, 6) is -2.68. The number of nitrogens with zero attached hydrogens (tertiary/aromatic N) is 1. The molecule has 2 N–H and O–H groups in total. The van der Waals surface area contributed by atoms with E-state index in [4.69, 9.17) is 5.11 Å². The standard InChI is InChI=1S/C22H21NO5/c1-14-9-11-16(12-10-14)20(26)18-19(15-6-3-2-4-7-15)23(22(28)21(18)27)13-5-8-17(24)25/h2-4,6-7,9-12,19,26H,5,8,13H2,1H3,(H,24,25)/b20-18+/t19-/m1/s1. The highest BCUT2D eigenvalue weighted by Crippen LogP contribution is 2.39. The molecule has 3 rings (SSSR count). The molecule has 1 aliphatic rings. The largest absolute Gasteiger partial charge is 0.507 e.